The lowest BCUT2D eigenvalue weighted by Gasteiger charge is -2.12. The molecular formula is C14H11ClF4N2. The lowest BCUT2D eigenvalue weighted by Crippen LogP contribution is -2.09. The number of hydrogen-bond acceptors (Lipinski definition) is 2. The first-order valence-electron chi connectivity index (χ1n) is 6.10. The van der Waals surface area contributed by atoms with Crippen LogP contribution in [0.1, 0.15) is 12.5 Å². The van der Waals surface area contributed by atoms with Crippen molar-refractivity contribution in [1.29, 1.82) is 0 Å². The van der Waals surface area contributed by atoms with E-state index in [1.54, 1.807) is 6.92 Å². The van der Waals surface area contributed by atoms with E-state index >= 15 is 0 Å². The summed E-state index contributed by atoms with van der Waals surface area (Å²) in [5.74, 6) is -0.687. The van der Waals surface area contributed by atoms with E-state index in [1.165, 1.54) is 12.1 Å². The molecule has 0 aliphatic heterocycles. The first kappa shape index (κ1) is 15.6. The minimum atomic E-state index is -4.54. The number of pyridine rings is 1. The molecule has 0 amide bonds. The number of hydrogen-bond donors (Lipinski definition) is 1. The SMILES string of the molecule is CCNc1cc(C(F)(F)F)cc(-c2ccc(Cl)cc2F)n1. The van der Waals surface area contributed by atoms with Gasteiger partial charge in [-0.3, -0.25) is 0 Å². The van der Waals surface area contributed by atoms with Crippen molar-refractivity contribution in [2.45, 2.75) is 13.1 Å². The van der Waals surface area contributed by atoms with Gasteiger partial charge in [-0.2, -0.15) is 13.2 Å². The van der Waals surface area contributed by atoms with Gasteiger partial charge in [-0.15, -0.1) is 0 Å². The average Bonchev–Trinajstić information content (AvgIpc) is 2.37. The Balaban J connectivity index is 2.59. The summed E-state index contributed by atoms with van der Waals surface area (Å²) in [6, 6.07) is 5.43. The number of anilines is 1. The molecule has 0 saturated carbocycles. The second-order valence-electron chi connectivity index (χ2n) is 4.28. The van der Waals surface area contributed by atoms with Gasteiger partial charge in [0.05, 0.1) is 11.3 Å². The van der Waals surface area contributed by atoms with Crippen LogP contribution in [0.4, 0.5) is 23.4 Å². The van der Waals surface area contributed by atoms with Gasteiger partial charge in [0.15, 0.2) is 0 Å². The van der Waals surface area contributed by atoms with Crippen molar-refractivity contribution in [2.75, 3.05) is 11.9 Å². The average molecular weight is 319 g/mol. The van der Waals surface area contributed by atoms with Crippen LogP contribution < -0.4 is 5.32 Å². The highest BCUT2D eigenvalue weighted by atomic mass is 35.5. The Kier molecular flexibility index (Phi) is 4.37. The van der Waals surface area contributed by atoms with E-state index in [0.29, 0.717) is 6.54 Å². The van der Waals surface area contributed by atoms with Crippen molar-refractivity contribution < 1.29 is 17.6 Å². The van der Waals surface area contributed by atoms with Crippen molar-refractivity contribution in [3.8, 4) is 11.3 Å². The normalized spacial score (nSPS) is 11.5. The molecule has 2 nitrogen and oxygen atoms in total. The molecule has 2 aromatic rings. The Hall–Kier alpha value is -1.82. The number of nitrogens with zero attached hydrogens (tertiary/aromatic N) is 1. The van der Waals surface area contributed by atoms with Gasteiger partial charge in [-0.25, -0.2) is 9.37 Å². The third-order valence-corrected chi connectivity index (χ3v) is 2.95. The molecule has 0 atom stereocenters. The summed E-state index contributed by atoms with van der Waals surface area (Å²) in [5.41, 5.74) is -1.03. The molecule has 1 heterocycles. The molecule has 0 spiro atoms. The third kappa shape index (κ3) is 3.64. The first-order chi connectivity index (χ1) is 9.81. The lowest BCUT2D eigenvalue weighted by atomic mass is 10.1. The predicted molar refractivity (Wildman–Crippen MR) is 73.8 cm³/mol. The van der Waals surface area contributed by atoms with Crippen LogP contribution in [0.3, 0.4) is 0 Å². The molecule has 7 heteroatoms. The molecule has 0 fully saturated rings. The molecule has 1 aromatic carbocycles. The van der Waals surface area contributed by atoms with Crippen molar-refractivity contribution in [3.63, 3.8) is 0 Å². The number of benzene rings is 1. The molecule has 2 rings (SSSR count). The van der Waals surface area contributed by atoms with Crippen LogP contribution in [0.25, 0.3) is 11.3 Å². The van der Waals surface area contributed by atoms with Gasteiger partial charge < -0.3 is 5.32 Å². The Labute approximate surface area is 123 Å². The van der Waals surface area contributed by atoms with E-state index in [4.69, 9.17) is 11.6 Å². The monoisotopic (exact) mass is 318 g/mol. The van der Waals surface area contributed by atoms with E-state index in [2.05, 4.69) is 10.3 Å². The van der Waals surface area contributed by atoms with E-state index in [0.717, 1.165) is 18.2 Å². The third-order valence-electron chi connectivity index (χ3n) is 2.72. The van der Waals surface area contributed by atoms with Crippen LogP contribution in [0.2, 0.25) is 5.02 Å². The molecule has 112 valence electrons. The van der Waals surface area contributed by atoms with Gasteiger partial charge >= 0.3 is 6.18 Å². The molecule has 1 N–H and O–H groups in total. The highest BCUT2D eigenvalue weighted by Gasteiger charge is 2.32. The van der Waals surface area contributed by atoms with Gasteiger partial charge in [-0.05, 0) is 37.3 Å². The van der Waals surface area contributed by atoms with Crippen LogP contribution in [0, 0.1) is 5.82 Å². The maximum Gasteiger partial charge on any atom is 0.416 e. The highest BCUT2D eigenvalue weighted by Crippen LogP contribution is 2.34. The quantitative estimate of drug-likeness (QED) is 0.806. The van der Waals surface area contributed by atoms with Gasteiger partial charge in [0.1, 0.15) is 11.6 Å². The molecule has 0 bridgehead atoms. The van der Waals surface area contributed by atoms with E-state index in [-0.39, 0.29) is 22.1 Å². The number of aromatic nitrogens is 1. The van der Waals surface area contributed by atoms with Crippen LogP contribution >= 0.6 is 11.6 Å². The van der Waals surface area contributed by atoms with Gasteiger partial charge in [0.25, 0.3) is 0 Å². The van der Waals surface area contributed by atoms with Crippen molar-refractivity contribution in [2.24, 2.45) is 0 Å². The summed E-state index contributed by atoms with van der Waals surface area (Å²) in [6.45, 7) is 2.13. The zero-order valence-corrected chi connectivity index (χ0v) is 11.7. The van der Waals surface area contributed by atoms with E-state index in [1.807, 2.05) is 0 Å². The lowest BCUT2D eigenvalue weighted by molar-refractivity contribution is -0.137. The minimum absolute atomic E-state index is 0.0374. The molecular weight excluding hydrogens is 308 g/mol. The summed E-state index contributed by atoms with van der Waals surface area (Å²) in [7, 11) is 0. The van der Waals surface area contributed by atoms with Crippen molar-refractivity contribution in [1.82, 2.24) is 4.98 Å². The Morgan fingerprint density at radius 1 is 1.19 bits per heavy atom. The van der Waals surface area contributed by atoms with Crippen LogP contribution in [0.15, 0.2) is 30.3 Å². The predicted octanol–water partition coefficient (Wildman–Crippen LogP) is 4.99. The molecule has 0 aliphatic rings. The van der Waals surface area contributed by atoms with Gasteiger partial charge in [-0.1, -0.05) is 11.6 Å². The highest BCUT2D eigenvalue weighted by molar-refractivity contribution is 6.30. The summed E-state index contributed by atoms with van der Waals surface area (Å²) in [6.07, 6.45) is -4.54. The van der Waals surface area contributed by atoms with Crippen molar-refractivity contribution in [3.05, 3.63) is 46.7 Å². The summed E-state index contributed by atoms with van der Waals surface area (Å²) >= 11 is 5.64. The second kappa shape index (κ2) is 5.89. The fraction of sp³-hybridized carbons (Fsp3) is 0.214. The fourth-order valence-corrected chi connectivity index (χ4v) is 1.96. The standard InChI is InChI=1S/C14H11ClF4N2/c1-2-20-13-6-8(14(17,18)19)5-12(21-13)10-4-3-9(15)7-11(10)16/h3-7H,2H2,1H3,(H,20,21). The van der Waals surface area contributed by atoms with Crippen molar-refractivity contribution >= 4 is 17.4 Å². The smallest absolute Gasteiger partial charge is 0.370 e. The Bertz CT molecular complexity index is 656. The fourth-order valence-electron chi connectivity index (χ4n) is 1.80. The van der Waals surface area contributed by atoms with Crippen LogP contribution in [0.5, 0.6) is 0 Å². The molecule has 1 aromatic heterocycles. The molecule has 0 unspecified atom stereocenters. The molecule has 0 saturated heterocycles. The number of nitrogens with one attached hydrogen (secondary N) is 1. The molecule has 0 radical (unpaired) electrons. The minimum Gasteiger partial charge on any atom is -0.370 e. The maximum absolute atomic E-state index is 13.9. The van der Waals surface area contributed by atoms with Gasteiger partial charge in [0, 0.05) is 17.1 Å². The zero-order valence-electron chi connectivity index (χ0n) is 10.9. The van der Waals surface area contributed by atoms with Gasteiger partial charge in [0.2, 0.25) is 0 Å². The zero-order chi connectivity index (χ0) is 15.6. The van der Waals surface area contributed by atoms with E-state index < -0.39 is 17.6 Å². The van der Waals surface area contributed by atoms with E-state index in [9.17, 15) is 17.6 Å². The first-order valence-corrected chi connectivity index (χ1v) is 6.47. The number of alkyl halides is 3. The second-order valence-corrected chi connectivity index (χ2v) is 4.71. The topological polar surface area (TPSA) is 24.9 Å². The number of rotatable bonds is 3. The summed E-state index contributed by atoms with van der Waals surface area (Å²) in [5, 5.41) is 2.86. The van der Waals surface area contributed by atoms with Crippen LogP contribution in [-0.2, 0) is 6.18 Å². The molecule has 0 aliphatic carbocycles. The summed E-state index contributed by atoms with van der Waals surface area (Å²) in [4.78, 5) is 4.00. The van der Waals surface area contributed by atoms with Crippen LogP contribution in [-0.4, -0.2) is 11.5 Å². The number of halogens is 5. The Morgan fingerprint density at radius 3 is 2.48 bits per heavy atom. The maximum atomic E-state index is 13.9. The summed E-state index contributed by atoms with van der Waals surface area (Å²) < 4.78 is 52.6. The largest absolute Gasteiger partial charge is 0.416 e. The Morgan fingerprint density at radius 2 is 1.90 bits per heavy atom. The molecule has 21 heavy (non-hydrogen) atoms.